The molecule has 2 heteroatoms. The monoisotopic (exact) mass is 305 g/mol. The third kappa shape index (κ3) is 2.87. The third-order valence-electron chi connectivity index (χ3n) is 5.00. The highest BCUT2D eigenvalue weighted by atomic mass is 16.1. The van der Waals surface area contributed by atoms with Gasteiger partial charge in [-0.25, -0.2) is 0 Å². The summed E-state index contributed by atoms with van der Waals surface area (Å²) in [4.78, 5) is 15.7. The second-order valence-electron chi connectivity index (χ2n) is 6.34. The van der Waals surface area contributed by atoms with E-state index in [2.05, 4.69) is 30.7 Å². The van der Waals surface area contributed by atoms with Gasteiger partial charge in [-0.3, -0.25) is 9.69 Å². The molecule has 0 aromatic heterocycles. The molecule has 1 fully saturated rings. The summed E-state index contributed by atoms with van der Waals surface area (Å²) < 4.78 is 0. The Labute approximate surface area is 138 Å². The fraction of sp³-hybridized carbons (Fsp3) is 0.286. The van der Waals surface area contributed by atoms with Crippen LogP contribution in [-0.4, -0.2) is 29.8 Å². The van der Waals surface area contributed by atoms with Crippen molar-refractivity contribution < 1.29 is 4.79 Å². The largest absolute Gasteiger partial charge is 0.294 e. The fourth-order valence-electron chi connectivity index (χ4n) is 3.67. The van der Waals surface area contributed by atoms with E-state index in [1.807, 2.05) is 42.5 Å². The minimum Gasteiger partial charge on any atom is -0.294 e. The molecule has 1 aliphatic rings. The van der Waals surface area contributed by atoms with Gasteiger partial charge in [0.25, 0.3) is 0 Å². The fourth-order valence-corrected chi connectivity index (χ4v) is 3.67. The lowest BCUT2D eigenvalue weighted by Crippen LogP contribution is -2.50. The van der Waals surface area contributed by atoms with Gasteiger partial charge in [0.1, 0.15) is 0 Å². The van der Waals surface area contributed by atoms with E-state index in [1.165, 1.54) is 5.56 Å². The quantitative estimate of drug-likeness (QED) is 0.771. The van der Waals surface area contributed by atoms with Gasteiger partial charge in [-0.05, 0) is 44.0 Å². The minimum atomic E-state index is -0.444. The number of rotatable bonds is 5. The van der Waals surface area contributed by atoms with E-state index < -0.39 is 5.54 Å². The summed E-state index contributed by atoms with van der Waals surface area (Å²) in [5.41, 5.74) is 2.48. The van der Waals surface area contributed by atoms with Crippen LogP contribution in [0.3, 0.4) is 0 Å². The summed E-state index contributed by atoms with van der Waals surface area (Å²) in [5.74, 6) is 0.219. The van der Waals surface area contributed by atoms with E-state index in [0.717, 1.165) is 36.9 Å². The van der Waals surface area contributed by atoms with Crippen LogP contribution in [0.5, 0.6) is 0 Å². The standard InChI is InChI=1S/C21H23NO/c1-3-18-12-7-8-13-19(18)20(23)21(14-9-15-22(21)2)16-17-10-5-4-6-11-17/h3-8,10-13H,1,9,14-16H2,2H3. The van der Waals surface area contributed by atoms with Crippen molar-refractivity contribution in [3.05, 3.63) is 77.9 Å². The first-order valence-electron chi connectivity index (χ1n) is 8.19. The molecule has 0 saturated carbocycles. The zero-order valence-corrected chi connectivity index (χ0v) is 13.7. The van der Waals surface area contributed by atoms with Gasteiger partial charge in [-0.15, -0.1) is 0 Å². The maximum Gasteiger partial charge on any atom is 0.183 e. The van der Waals surface area contributed by atoms with Gasteiger partial charge < -0.3 is 0 Å². The number of hydrogen-bond donors (Lipinski definition) is 0. The first-order valence-corrected chi connectivity index (χ1v) is 8.19. The zero-order valence-electron chi connectivity index (χ0n) is 13.7. The molecule has 3 rings (SSSR count). The Morgan fingerprint density at radius 1 is 1.17 bits per heavy atom. The maximum atomic E-state index is 13.5. The predicted molar refractivity (Wildman–Crippen MR) is 95.6 cm³/mol. The molecular weight excluding hydrogens is 282 g/mol. The van der Waals surface area contributed by atoms with Gasteiger partial charge in [-0.2, -0.15) is 0 Å². The molecule has 0 amide bonds. The molecule has 2 aromatic rings. The van der Waals surface area contributed by atoms with Crippen molar-refractivity contribution in [2.45, 2.75) is 24.8 Å². The Hall–Kier alpha value is -2.19. The highest BCUT2D eigenvalue weighted by Crippen LogP contribution is 2.35. The predicted octanol–water partition coefficient (Wildman–Crippen LogP) is 4.22. The number of hydrogen-bond acceptors (Lipinski definition) is 2. The van der Waals surface area contributed by atoms with Crippen LogP contribution in [0.4, 0.5) is 0 Å². The van der Waals surface area contributed by atoms with Crippen molar-refractivity contribution in [3.8, 4) is 0 Å². The number of carbonyl (C=O) groups excluding carboxylic acids is 1. The summed E-state index contributed by atoms with van der Waals surface area (Å²) in [7, 11) is 2.07. The highest BCUT2D eigenvalue weighted by molar-refractivity contribution is 6.06. The summed E-state index contributed by atoms with van der Waals surface area (Å²) in [6.45, 7) is 4.83. The van der Waals surface area contributed by atoms with Gasteiger partial charge in [0, 0.05) is 5.56 Å². The van der Waals surface area contributed by atoms with E-state index in [9.17, 15) is 4.79 Å². The smallest absolute Gasteiger partial charge is 0.183 e. The molecule has 1 unspecified atom stereocenters. The van der Waals surface area contributed by atoms with Gasteiger partial charge >= 0.3 is 0 Å². The molecule has 0 bridgehead atoms. The molecule has 1 heterocycles. The van der Waals surface area contributed by atoms with E-state index in [4.69, 9.17) is 0 Å². The first-order chi connectivity index (χ1) is 11.2. The molecule has 0 aliphatic carbocycles. The average molecular weight is 305 g/mol. The number of nitrogens with zero attached hydrogens (tertiary/aromatic N) is 1. The van der Waals surface area contributed by atoms with Crippen LogP contribution in [0.1, 0.15) is 34.3 Å². The van der Waals surface area contributed by atoms with E-state index >= 15 is 0 Å². The minimum absolute atomic E-state index is 0.219. The number of carbonyl (C=O) groups is 1. The normalized spacial score (nSPS) is 21.3. The van der Waals surface area contributed by atoms with Crippen LogP contribution in [0.25, 0.3) is 6.08 Å². The SMILES string of the molecule is C=Cc1ccccc1C(=O)C1(Cc2ccccc2)CCCN1C. The number of benzene rings is 2. The van der Waals surface area contributed by atoms with Gasteiger partial charge in [0.15, 0.2) is 5.78 Å². The summed E-state index contributed by atoms with van der Waals surface area (Å²) in [6.07, 6.45) is 4.50. The second kappa shape index (κ2) is 6.51. The van der Waals surface area contributed by atoms with Gasteiger partial charge in [0.05, 0.1) is 5.54 Å². The van der Waals surface area contributed by atoms with E-state index in [1.54, 1.807) is 6.08 Å². The van der Waals surface area contributed by atoms with Crippen LogP contribution >= 0.6 is 0 Å². The van der Waals surface area contributed by atoms with Gasteiger partial charge in [-0.1, -0.05) is 67.3 Å². The molecule has 1 atom stereocenters. The maximum absolute atomic E-state index is 13.5. The van der Waals surface area contributed by atoms with Crippen molar-refractivity contribution in [3.63, 3.8) is 0 Å². The van der Waals surface area contributed by atoms with Crippen LogP contribution in [0.2, 0.25) is 0 Å². The molecule has 2 aromatic carbocycles. The topological polar surface area (TPSA) is 20.3 Å². The molecule has 1 aliphatic heterocycles. The Balaban J connectivity index is 2.02. The molecule has 118 valence electrons. The van der Waals surface area contributed by atoms with E-state index in [0.29, 0.717) is 0 Å². The lowest BCUT2D eigenvalue weighted by molar-refractivity contribution is 0.0718. The van der Waals surface area contributed by atoms with Crippen molar-refractivity contribution >= 4 is 11.9 Å². The number of likely N-dealkylation sites (N-methyl/N-ethyl adjacent to an activating group) is 1. The second-order valence-corrected chi connectivity index (χ2v) is 6.34. The lowest BCUT2D eigenvalue weighted by atomic mass is 9.80. The number of Topliss-reactive ketones (excluding diaryl/α,β-unsaturated/α-hetero) is 1. The van der Waals surface area contributed by atoms with Crippen molar-refractivity contribution in [2.75, 3.05) is 13.6 Å². The Kier molecular flexibility index (Phi) is 4.44. The van der Waals surface area contributed by atoms with Crippen LogP contribution < -0.4 is 0 Å². The summed E-state index contributed by atoms with van der Waals surface area (Å²) in [5, 5.41) is 0. The van der Waals surface area contributed by atoms with Crippen molar-refractivity contribution in [2.24, 2.45) is 0 Å². The first kappa shape index (κ1) is 15.7. The molecule has 0 spiro atoms. The van der Waals surface area contributed by atoms with E-state index in [-0.39, 0.29) is 5.78 Å². The van der Waals surface area contributed by atoms with Gasteiger partial charge in [0.2, 0.25) is 0 Å². The molecule has 2 nitrogen and oxygen atoms in total. The average Bonchev–Trinajstić information content (AvgIpc) is 2.96. The third-order valence-corrected chi connectivity index (χ3v) is 5.00. The summed E-state index contributed by atoms with van der Waals surface area (Å²) >= 11 is 0. The van der Waals surface area contributed by atoms with Crippen molar-refractivity contribution in [1.29, 1.82) is 0 Å². The molecule has 1 saturated heterocycles. The Bertz CT molecular complexity index is 707. The number of ketones is 1. The molecule has 23 heavy (non-hydrogen) atoms. The molecule has 0 radical (unpaired) electrons. The molecule has 0 N–H and O–H groups in total. The molecular formula is C21H23NO. The lowest BCUT2D eigenvalue weighted by Gasteiger charge is -2.35. The highest BCUT2D eigenvalue weighted by Gasteiger charge is 2.45. The van der Waals surface area contributed by atoms with Crippen LogP contribution in [-0.2, 0) is 6.42 Å². The Morgan fingerprint density at radius 3 is 2.52 bits per heavy atom. The Morgan fingerprint density at radius 2 is 1.87 bits per heavy atom. The van der Waals surface area contributed by atoms with Crippen LogP contribution in [0.15, 0.2) is 61.2 Å². The number of likely N-dealkylation sites (tertiary alicyclic amines) is 1. The van der Waals surface area contributed by atoms with Crippen molar-refractivity contribution in [1.82, 2.24) is 4.90 Å². The zero-order chi connectivity index (χ0) is 16.3. The summed E-state index contributed by atoms with van der Waals surface area (Å²) in [6, 6.07) is 18.1. The van der Waals surface area contributed by atoms with Crippen LogP contribution in [0, 0.1) is 0 Å².